The molecule has 1 heterocycles. The van der Waals surface area contributed by atoms with Crippen LogP contribution < -0.4 is 10.6 Å². The molecular formula is C17H31N3O2. The molecule has 1 saturated heterocycles. The monoisotopic (exact) mass is 309 g/mol. The summed E-state index contributed by atoms with van der Waals surface area (Å²) in [4.78, 5) is 25.7. The number of hydrogen-bond acceptors (Lipinski definition) is 2. The van der Waals surface area contributed by atoms with Gasteiger partial charge >= 0.3 is 6.03 Å². The molecule has 5 nitrogen and oxygen atoms in total. The molecular weight excluding hydrogens is 278 g/mol. The van der Waals surface area contributed by atoms with Crippen molar-refractivity contribution < 1.29 is 9.59 Å². The smallest absolute Gasteiger partial charge is 0.317 e. The maximum atomic E-state index is 12.0. The van der Waals surface area contributed by atoms with Gasteiger partial charge in [-0.3, -0.25) is 4.79 Å². The van der Waals surface area contributed by atoms with Crippen LogP contribution in [0, 0.1) is 11.8 Å². The van der Waals surface area contributed by atoms with Crippen LogP contribution in [0.1, 0.15) is 58.3 Å². The number of carbonyl (C=O) groups is 2. The Morgan fingerprint density at radius 1 is 0.955 bits per heavy atom. The summed E-state index contributed by atoms with van der Waals surface area (Å²) in [5.41, 5.74) is 0. The Hall–Kier alpha value is -1.26. The predicted octanol–water partition coefficient (Wildman–Crippen LogP) is 2.51. The van der Waals surface area contributed by atoms with Crippen molar-refractivity contribution >= 4 is 11.9 Å². The molecule has 2 fully saturated rings. The van der Waals surface area contributed by atoms with Crippen molar-refractivity contribution in [2.24, 2.45) is 11.8 Å². The van der Waals surface area contributed by atoms with Crippen LogP contribution in [0.2, 0.25) is 0 Å². The van der Waals surface area contributed by atoms with E-state index < -0.39 is 0 Å². The molecule has 5 heteroatoms. The lowest BCUT2D eigenvalue weighted by molar-refractivity contribution is -0.122. The van der Waals surface area contributed by atoms with Crippen LogP contribution in [0.4, 0.5) is 4.79 Å². The number of amides is 3. The molecule has 126 valence electrons. The summed E-state index contributed by atoms with van der Waals surface area (Å²) < 4.78 is 0. The Morgan fingerprint density at radius 3 is 2.27 bits per heavy atom. The second-order valence-corrected chi connectivity index (χ2v) is 6.96. The number of carbonyl (C=O) groups excluding carboxylic acids is 2. The van der Waals surface area contributed by atoms with Crippen LogP contribution in [0.15, 0.2) is 0 Å². The highest BCUT2D eigenvalue weighted by molar-refractivity contribution is 5.76. The Morgan fingerprint density at radius 2 is 1.59 bits per heavy atom. The Bertz CT molecular complexity index is 359. The van der Waals surface area contributed by atoms with E-state index in [1.165, 1.54) is 32.1 Å². The van der Waals surface area contributed by atoms with E-state index in [1.807, 2.05) is 4.90 Å². The molecule has 0 atom stereocenters. The van der Waals surface area contributed by atoms with Crippen molar-refractivity contribution in [2.75, 3.05) is 26.2 Å². The molecule has 0 aromatic carbocycles. The van der Waals surface area contributed by atoms with E-state index in [2.05, 4.69) is 17.6 Å². The fourth-order valence-electron chi connectivity index (χ4n) is 3.42. The summed E-state index contributed by atoms with van der Waals surface area (Å²) in [5, 5.41) is 5.82. The SMILES string of the molecule is CC1CCN(C(=O)NCCNC(=O)CC2CCCCC2)CC1. The third kappa shape index (κ3) is 5.85. The van der Waals surface area contributed by atoms with Gasteiger partial charge in [0.15, 0.2) is 0 Å². The van der Waals surface area contributed by atoms with E-state index in [-0.39, 0.29) is 11.9 Å². The van der Waals surface area contributed by atoms with Crippen molar-refractivity contribution in [1.82, 2.24) is 15.5 Å². The summed E-state index contributed by atoms with van der Waals surface area (Å²) in [6.07, 6.45) is 9.06. The average Bonchev–Trinajstić information content (AvgIpc) is 2.53. The van der Waals surface area contributed by atoms with Crippen LogP contribution in [0.3, 0.4) is 0 Å². The molecule has 2 N–H and O–H groups in total. The van der Waals surface area contributed by atoms with Gasteiger partial charge in [-0.2, -0.15) is 0 Å². The first kappa shape index (κ1) is 17.1. The van der Waals surface area contributed by atoms with Gasteiger partial charge in [-0.15, -0.1) is 0 Å². The molecule has 1 saturated carbocycles. The van der Waals surface area contributed by atoms with E-state index >= 15 is 0 Å². The number of rotatable bonds is 5. The van der Waals surface area contributed by atoms with Gasteiger partial charge in [0.1, 0.15) is 0 Å². The van der Waals surface area contributed by atoms with Gasteiger partial charge in [-0.1, -0.05) is 26.2 Å². The predicted molar refractivity (Wildman–Crippen MR) is 87.6 cm³/mol. The molecule has 1 aliphatic carbocycles. The standard InChI is InChI=1S/C17H31N3O2/c1-14-7-11-20(12-8-14)17(22)19-10-9-18-16(21)13-15-5-3-2-4-6-15/h14-15H,2-13H2,1H3,(H,18,21)(H,19,22). The van der Waals surface area contributed by atoms with Crippen molar-refractivity contribution in [3.8, 4) is 0 Å². The van der Waals surface area contributed by atoms with E-state index in [1.54, 1.807) is 0 Å². The molecule has 0 aromatic rings. The van der Waals surface area contributed by atoms with E-state index in [4.69, 9.17) is 0 Å². The summed E-state index contributed by atoms with van der Waals surface area (Å²) in [6.45, 7) is 4.97. The normalized spacial score (nSPS) is 20.7. The number of urea groups is 1. The largest absolute Gasteiger partial charge is 0.354 e. The van der Waals surface area contributed by atoms with Gasteiger partial charge < -0.3 is 15.5 Å². The maximum absolute atomic E-state index is 12.0. The first-order valence-corrected chi connectivity index (χ1v) is 8.94. The first-order valence-electron chi connectivity index (χ1n) is 8.94. The van der Waals surface area contributed by atoms with Gasteiger partial charge in [-0.25, -0.2) is 4.79 Å². The summed E-state index contributed by atoms with van der Waals surface area (Å²) in [7, 11) is 0. The molecule has 2 aliphatic rings. The quantitative estimate of drug-likeness (QED) is 0.767. The molecule has 2 rings (SSSR count). The zero-order valence-electron chi connectivity index (χ0n) is 13.9. The highest BCUT2D eigenvalue weighted by atomic mass is 16.2. The Balaban J connectivity index is 1.52. The zero-order chi connectivity index (χ0) is 15.8. The van der Waals surface area contributed by atoms with Crippen LogP contribution in [0.5, 0.6) is 0 Å². The lowest BCUT2D eigenvalue weighted by atomic mass is 9.87. The Labute approximate surface area is 134 Å². The van der Waals surface area contributed by atoms with Gasteiger partial charge in [0.25, 0.3) is 0 Å². The lowest BCUT2D eigenvalue weighted by Gasteiger charge is -2.30. The molecule has 0 bridgehead atoms. The molecule has 22 heavy (non-hydrogen) atoms. The Kier molecular flexibility index (Phi) is 7.00. The van der Waals surface area contributed by atoms with Gasteiger partial charge in [0.05, 0.1) is 0 Å². The molecule has 1 aliphatic heterocycles. The summed E-state index contributed by atoms with van der Waals surface area (Å²) in [6, 6.07) is 0.00781. The molecule has 0 unspecified atom stereocenters. The van der Waals surface area contributed by atoms with E-state index in [0.29, 0.717) is 25.4 Å². The van der Waals surface area contributed by atoms with Gasteiger partial charge in [0.2, 0.25) is 5.91 Å². The number of likely N-dealkylation sites (tertiary alicyclic amines) is 1. The number of nitrogens with zero attached hydrogens (tertiary/aromatic N) is 1. The third-order valence-electron chi connectivity index (χ3n) is 4.99. The number of nitrogens with one attached hydrogen (secondary N) is 2. The van der Waals surface area contributed by atoms with Crippen molar-refractivity contribution in [1.29, 1.82) is 0 Å². The summed E-state index contributed by atoms with van der Waals surface area (Å²) >= 11 is 0. The van der Waals surface area contributed by atoms with E-state index in [9.17, 15) is 9.59 Å². The summed E-state index contributed by atoms with van der Waals surface area (Å²) in [5.74, 6) is 1.43. The van der Waals surface area contributed by atoms with Crippen molar-refractivity contribution in [2.45, 2.75) is 58.3 Å². The van der Waals surface area contributed by atoms with Crippen LogP contribution in [0.25, 0.3) is 0 Å². The minimum atomic E-state index is 0.00781. The molecule has 0 radical (unpaired) electrons. The lowest BCUT2D eigenvalue weighted by Crippen LogP contribution is -2.46. The topological polar surface area (TPSA) is 61.4 Å². The van der Waals surface area contributed by atoms with Crippen LogP contribution in [-0.2, 0) is 4.79 Å². The van der Waals surface area contributed by atoms with Crippen molar-refractivity contribution in [3.05, 3.63) is 0 Å². The molecule has 0 aromatic heterocycles. The maximum Gasteiger partial charge on any atom is 0.317 e. The fraction of sp³-hybridized carbons (Fsp3) is 0.882. The van der Waals surface area contributed by atoms with Crippen LogP contribution >= 0.6 is 0 Å². The second kappa shape index (κ2) is 9.01. The minimum absolute atomic E-state index is 0.00781. The fourth-order valence-corrected chi connectivity index (χ4v) is 3.42. The van der Waals surface area contributed by atoms with E-state index in [0.717, 1.165) is 31.8 Å². The highest BCUT2D eigenvalue weighted by Gasteiger charge is 2.20. The second-order valence-electron chi connectivity index (χ2n) is 6.96. The molecule has 3 amide bonds. The molecule has 0 spiro atoms. The first-order chi connectivity index (χ1) is 10.6. The average molecular weight is 309 g/mol. The highest BCUT2D eigenvalue weighted by Crippen LogP contribution is 2.25. The minimum Gasteiger partial charge on any atom is -0.354 e. The number of piperidine rings is 1. The zero-order valence-corrected chi connectivity index (χ0v) is 13.9. The van der Waals surface area contributed by atoms with Gasteiger partial charge in [0, 0.05) is 32.6 Å². The van der Waals surface area contributed by atoms with Crippen molar-refractivity contribution in [3.63, 3.8) is 0 Å². The van der Waals surface area contributed by atoms with Gasteiger partial charge in [-0.05, 0) is 37.5 Å². The number of hydrogen-bond donors (Lipinski definition) is 2. The van der Waals surface area contributed by atoms with Crippen LogP contribution in [-0.4, -0.2) is 43.0 Å². The third-order valence-corrected chi connectivity index (χ3v) is 4.99.